The Morgan fingerprint density at radius 1 is 1.22 bits per heavy atom. The lowest BCUT2D eigenvalue weighted by molar-refractivity contribution is -0.147. The molecule has 1 atom stereocenters. The highest BCUT2D eigenvalue weighted by molar-refractivity contribution is 7.98. The summed E-state index contributed by atoms with van der Waals surface area (Å²) in [6.07, 6.45) is 1.95. The van der Waals surface area contributed by atoms with Crippen molar-refractivity contribution in [1.82, 2.24) is 4.72 Å². The predicted molar refractivity (Wildman–Crippen MR) is 121 cm³/mol. The molecule has 7 nitrogen and oxygen atoms in total. The van der Waals surface area contributed by atoms with E-state index in [1.807, 2.05) is 19.2 Å². The van der Waals surface area contributed by atoms with Crippen LogP contribution in [0.2, 0.25) is 0 Å². The number of benzene rings is 2. The average molecular weight is 480 g/mol. The van der Waals surface area contributed by atoms with E-state index in [1.54, 1.807) is 12.1 Å². The van der Waals surface area contributed by atoms with Crippen molar-refractivity contribution in [2.45, 2.75) is 30.9 Å². The first-order chi connectivity index (χ1) is 15.2. The number of halogens is 1. The molecule has 0 bridgehead atoms. The number of ether oxygens (including phenoxy) is 1. The van der Waals surface area contributed by atoms with E-state index in [0.29, 0.717) is 22.3 Å². The van der Waals surface area contributed by atoms with Gasteiger partial charge in [0, 0.05) is 17.0 Å². The van der Waals surface area contributed by atoms with Crippen molar-refractivity contribution >= 4 is 38.7 Å². The zero-order valence-electron chi connectivity index (χ0n) is 17.5. The van der Waals surface area contributed by atoms with Crippen LogP contribution in [0.3, 0.4) is 0 Å². The summed E-state index contributed by atoms with van der Waals surface area (Å²) in [5.74, 6) is -1.28. The summed E-state index contributed by atoms with van der Waals surface area (Å²) in [5, 5.41) is 0.607. The lowest BCUT2D eigenvalue weighted by Crippen LogP contribution is -2.42. The zero-order chi connectivity index (χ0) is 23.3. The quantitative estimate of drug-likeness (QED) is 0.371. The van der Waals surface area contributed by atoms with E-state index in [-0.39, 0.29) is 13.0 Å². The molecule has 0 aliphatic carbocycles. The second-order valence-electron chi connectivity index (χ2n) is 7.08. The number of thioether (sulfide) groups is 1. The summed E-state index contributed by atoms with van der Waals surface area (Å²) >= 11 is 1.42. The van der Waals surface area contributed by atoms with Gasteiger partial charge < -0.3 is 9.15 Å². The normalized spacial score (nSPS) is 12.6. The number of hydrogen-bond acceptors (Lipinski definition) is 7. The maximum absolute atomic E-state index is 14.0. The third-order valence-corrected chi connectivity index (χ3v) is 6.82. The molecule has 10 heteroatoms. The van der Waals surface area contributed by atoms with Crippen LogP contribution in [0.1, 0.15) is 17.5 Å². The highest BCUT2D eigenvalue weighted by Gasteiger charge is 2.28. The van der Waals surface area contributed by atoms with Crippen molar-refractivity contribution in [3.8, 4) is 0 Å². The van der Waals surface area contributed by atoms with E-state index in [1.165, 1.54) is 30.0 Å². The highest BCUT2D eigenvalue weighted by Crippen LogP contribution is 2.20. The minimum atomic E-state index is -4.29. The van der Waals surface area contributed by atoms with Gasteiger partial charge in [0.1, 0.15) is 28.9 Å². The Balaban J connectivity index is 1.81. The number of carbonyl (C=O) groups excluding carboxylic acids is 1. The Labute approximate surface area is 189 Å². The van der Waals surface area contributed by atoms with Crippen LogP contribution in [0.15, 0.2) is 62.6 Å². The first kappa shape index (κ1) is 24.0. The molecule has 0 spiro atoms. The molecule has 0 aliphatic heterocycles. The number of esters is 1. The lowest BCUT2D eigenvalue weighted by atomic mass is 10.1. The largest absolute Gasteiger partial charge is 0.460 e. The number of aryl methyl sites for hydroxylation is 1. The zero-order valence-corrected chi connectivity index (χ0v) is 19.1. The molecular formula is C22H22FNO6S2. The molecule has 2 aromatic carbocycles. The molecule has 3 rings (SSSR count). The molecule has 0 fully saturated rings. The van der Waals surface area contributed by atoms with Crippen LogP contribution in [-0.4, -0.2) is 32.4 Å². The molecule has 0 aliphatic rings. The Morgan fingerprint density at radius 3 is 2.69 bits per heavy atom. The highest BCUT2D eigenvalue weighted by atomic mass is 32.2. The van der Waals surface area contributed by atoms with Gasteiger partial charge in [-0.2, -0.15) is 16.5 Å². The Morgan fingerprint density at radius 2 is 1.97 bits per heavy atom. The fourth-order valence-electron chi connectivity index (χ4n) is 3.08. The van der Waals surface area contributed by atoms with Crippen LogP contribution in [0, 0.1) is 12.7 Å². The van der Waals surface area contributed by atoms with Crippen LogP contribution in [-0.2, 0) is 26.2 Å². The fraction of sp³-hybridized carbons (Fsp3) is 0.273. The van der Waals surface area contributed by atoms with Gasteiger partial charge >= 0.3 is 11.6 Å². The van der Waals surface area contributed by atoms with E-state index < -0.39 is 38.4 Å². The molecule has 0 saturated heterocycles. The van der Waals surface area contributed by atoms with Crippen molar-refractivity contribution in [3.63, 3.8) is 0 Å². The molecule has 0 radical (unpaired) electrons. The van der Waals surface area contributed by atoms with Crippen LogP contribution in [0.25, 0.3) is 11.0 Å². The molecule has 0 unspecified atom stereocenters. The summed E-state index contributed by atoms with van der Waals surface area (Å²) in [7, 11) is -4.29. The van der Waals surface area contributed by atoms with Gasteiger partial charge in [0.2, 0.25) is 10.0 Å². The van der Waals surface area contributed by atoms with Gasteiger partial charge in [-0.05, 0) is 49.1 Å². The SMILES string of the molecule is CSCC[C@H](NS(=O)(=O)c1ccccc1F)C(=O)OCc1cc(=O)oc2cc(C)ccc12. The van der Waals surface area contributed by atoms with Crippen LogP contribution in [0.4, 0.5) is 4.39 Å². The van der Waals surface area contributed by atoms with E-state index in [4.69, 9.17) is 9.15 Å². The Hall–Kier alpha value is -2.69. The van der Waals surface area contributed by atoms with Gasteiger partial charge in [-0.3, -0.25) is 4.79 Å². The standard InChI is InChI=1S/C22H22FNO6S2/c1-14-7-8-16-15(12-21(25)30-19(16)11-14)13-29-22(26)18(9-10-31-2)24-32(27,28)20-6-4-3-5-17(20)23/h3-8,11-12,18,24H,9-10,13H2,1-2H3/t18-/m0/s1. The maximum Gasteiger partial charge on any atom is 0.336 e. The van der Waals surface area contributed by atoms with Gasteiger partial charge in [-0.25, -0.2) is 17.6 Å². The summed E-state index contributed by atoms with van der Waals surface area (Å²) in [5.41, 5.74) is 1.11. The molecule has 0 amide bonds. The van der Waals surface area contributed by atoms with Gasteiger partial charge in [-0.1, -0.05) is 24.3 Å². The van der Waals surface area contributed by atoms with Crippen molar-refractivity contribution in [1.29, 1.82) is 0 Å². The van der Waals surface area contributed by atoms with Crippen molar-refractivity contribution in [3.05, 3.63) is 75.9 Å². The number of fused-ring (bicyclic) bond motifs is 1. The number of hydrogen-bond donors (Lipinski definition) is 1. The van der Waals surface area contributed by atoms with Crippen molar-refractivity contribution in [2.24, 2.45) is 0 Å². The lowest BCUT2D eigenvalue weighted by Gasteiger charge is -2.18. The number of rotatable bonds is 9. The van der Waals surface area contributed by atoms with E-state index in [2.05, 4.69) is 4.72 Å². The van der Waals surface area contributed by atoms with Gasteiger partial charge in [0.25, 0.3) is 0 Å². The maximum atomic E-state index is 14.0. The second kappa shape index (κ2) is 10.3. The Kier molecular flexibility index (Phi) is 7.70. The third kappa shape index (κ3) is 5.76. The Bertz CT molecular complexity index is 1290. The van der Waals surface area contributed by atoms with Crippen molar-refractivity contribution < 1.29 is 26.8 Å². The van der Waals surface area contributed by atoms with Gasteiger partial charge in [0.05, 0.1) is 0 Å². The summed E-state index contributed by atoms with van der Waals surface area (Å²) in [6, 6.07) is 10.2. The van der Waals surface area contributed by atoms with Crippen molar-refractivity contribution in [2.75, 3.05) is 12.0 Å². The van der Waals surface area contributed by atoms with Crippen LogP contribution < -0.4 is 10.3 Å². The molecule has 3 aromatic rings. The average Bonchev–Trinajstić information content (AvgIpc) is 2.74. The summed E-state index contributed by atoms with van der Waals surface area (Å²) < 4.78 is 52.0. The fourth-order valence-corrected chi connectivity index (χ4v) is 4.85. The first-order valence-electron chi connectivity index (χ1n) is 9.67. The van der Waals surface area contributed by atoms with E-state index in [0.717, 1.165) is 17.7 Å². The molecule has 1 heterocycles. The third-order valence-electron chi connectivity index (χ3n) is 4.67. The minimum Gasteiger partial charge on any atom is -0.460 e. The van der Waals surface area contributed by atoms with E-state index in [9.17, 15) is 22.4 Å². The molecular weight excluding hydrogens is 457 g/mol. The second-order valence-corrected chi connectivity index (χ2v) is 9.75. The topological polar surface area (TPSA) is 103 Å². The number of carbonyl (C=O) groups is 1. The smallest absolute Gasteiger partial charge is 0.336 e. The molecule has 32 heavy (non-hydrogen) atoms. The molecule has 170 valence electrons. The monoisotopic (exact) mass is 479 g/mol. The molecule has 1 aromatic heterocycles. The van der Waals surface area contributed by atoms with Gasteiger partial charge in [-0.15, -0.1) is 0 Å². The summed E-state index contributed by atoms with van der Waals surface area (Å²) in [4.78, 5) is 24.1. The van der Waals surface area contributed by atoms with Crippen LogP contribution in [0.5, 0.6) is 0 Å². The van der Waals surface area contributed by atoms with Gasteiger partial charge in [0.15, 0.2) is 0 Å². The molecule has 0 saturated carbocycles. The minimum absolute atomic E-state index is 0.143. The number of nitrogens with one attached hydrogen (secondary N) is 1. The molecule has 1 N–H and O–H groups in total. The van der Waals surface area contributed by atoms with E-state index >= 15 is 0 Å². The number of sulfonamides is 1. The summed E-state index contributed by atoms with van der Waals surface area (Å²) in [6.45, 7) is 1.60. The predicted octanol–water partition coefficient (Wildman–Crippen LogP) is 3.38. The van der Waals surface area contributed by atoms with Crippen LogP contribution >= 0.6 is 11.8 Å². The first-order valence-corrected chi connectivity index (χ1v) is 12.5.